The van der Waals surface area contributed by atoms with Crippen molar-refractivity contribution < 1.29 is 9.53 Å². The molecule has 0 saturated carbocycles. The van der Waals surface area contributed by atoms with E-state index in [0.717, 1.165) is 24.2 Å². The zero-order valence-electron chi connectivity index (χ0n) is 8.94. The predicted molar refractivity (Wildman–Crippen MR) is 52.3 cm³/mol. The minimum atomic E-state index is 0.124. The lowest BCUT2D eigenvalue weighted by atomic mass is 9.84. The monoisotopic (exact) mass is 182 g/mol. The molecule has 0 heterocycles. The van der Waals surface area contributed by atoms with Gasteiger partial charge in [-0.15, -0.1) is 0 Å². The molecule has 0 spiro atoms. The molecule has 0 unspecified atom stereocenters. The summed E-state index contributed by atoms with van der Waals surface area (Å²) in [5.41, 5.74) is 0.937. The average molecular weight is 182 g/mol. The van der Waals surface area contributed by atoms with Crippen molar-refractivity contribution in [2.45, 2.75) is 40.0 Å². The van der Waals surface area contributed by atoms with Gasteiger partial charge in [-0.05, 0) is 18.8 Å². The highest BCUT2D eigenvalue weighted by molar-refractivity contribution is 5.95. The summed E-state index contributed by atoms with van der Waals surface area (Å²) >= 11 is 0. The maximum atomic E-state index is 11.7. The van der Waals surface area contributed by atoms with Gasteiger partial charge in [0.05, 0.1) is 7.11 Å². The third-order valence-corrected chi connectivity index (χ3v) is 2.75. The van der Waals surface area contributed by atoms with E-state index in [4.69, 9.17) is 4.74 Å². The topological polar surface area (TPSA) is 26.3 Å². The van der Waals surface area contributed by atoms with Gasteiger partial charge in [0.25, 0.3) is 0 Å². The number of rotatable bonds is 1. The van der Waals surface area contributed by atoms with Gasteiger partial charge >= 0.3 is 0 Å². The zero-order valence-corrected chi connectivity index (χ0v) is 8.94. The second-order valence-electron chi connectivity index (χ2n) is 4.52. The first-order chi connectivity index (χ1) is 5.96. The fourth-order valence-corrected chi connectivity index (χ4v) is 1.71. The quantitative estimate of drug-likeness (QED) is 0.623. The van der Waals surface area contributed by atoms with Crippen LogP contribution in [0.3, 0.4) is 0 Å². The molecule has 0 radical (unpaired) electrons. The third kappa shape index (κ3) is 2.33. The van der Waals surface area contributed by atoms with Crippen LogP contribution in [0.15, 0.2) is 11.3 Å². The Morgan fingerprint density at radius 1 is 1.38 bits per heavy atom. The van der Waals surface area contributed by atoms with E-state index < -0.39 is 0 Å². The molecule has 0 aromatic rings. The van der Waals surface area contributed by atoms with E-state index in [9.17, 15) is 4.79 Å². The van der Waals surface area contributed by atoms with Crippen molar-refractivity contribution in [3.63, 3.8) is 0 Å². The summed E-state index contributed by atoms with van der Waals surface area (Å²) in [5.74, 6) is 1.11. The molecule has 0 saturated heterocycles. The van der Waals surface area contributed by atoms with Crippen LogP contribution >= 0.6 is 0 Å². The normalized spacial score (nSPS) is 22.9. The lowest BCUT2D eigenvalue weighted by Crippen LogP contribution is -2.14. The van der Waals surface area contributed by atoms with Gasteiger partial charge in [-0.2, -0.15) is 0 Å². The Labute approximate surface area is 80.0 Å². The summed E-state index contributed by atoms with van der Waals surface area (Å²) in [6.07, 6.45) is 2.56. The van der Waals surface area contributed by atoms with Gasteiger partial charge in [0.1, 0.15) is 5.76 Å². The Morgan fingerprint density at radius 3 is 2.54 bits per heavy atom. The lowest BCUT2D eigenvalue weighted by molar-refractivity contribution is -0.117. The SMILES string of the molecule is COC1=C(C)C(=O)CC(C)(C)CC1. The standard InChI is InChI=1S/C11H18O2/c1-8-9(12)7-11(2,3)6-5-10(8)13-4/h5-7H2,1-4H3. The van der Waals surface area contributed by atoms with Gasteiger partial charge in [-0.1, -0.05) is 13.8 Å². The van der Waals surface area contributed by atoms with E-state index in [1.807, 2.05) is 6.92 Å². The molecule has 0 aromatic heterocycles. The van der Waals surface area contributed by atoms with E-state index in [1.54, 1.807) is 7.11 Å². The van der Waals surface area contributed by atoms with E-state index >= 15 is 0 Å². The van der Waals surface area contributed by atoms with Crippen LogP contribution in [0.4, 0.5) is 0 Å². The number of carbonyl (C=O) groups excluding carboxylic acids is 1. The minimum absolute atomic E-state index is 0.124. The van der Waals surface area contributed by atoms with Crippen LogP contribution in [0.5, 0.6) is 0 Å². The number of hydrogen-bond donors (Lipinski definition) is 0. The first kappa shape index (κ1) is 10.3. The summed E-state index contributed by atoms with van der Waals surface area (Å²) in [4.78, 5) is 11.7. The van der Waals surface area contributed by atoms with Gasteiger partial charge in [-0.3, -0.25) is 4.79 Å². The van der Waals surface area contributed by atoms with Crippen molar-refractivity contribution in [2.75, 3.05) is 7.11 Å². The molecule has 74 valence electrons. The molecular weight excluding hydrogens is 164 g/mol. The summed E-state index contributed by atoms with van der Waals surface area (Å²) in [6, 6.07) is 0. The van der Waals surface area contributed by atoms with E-state index in [-0.39, 0.29) is 11.2 Å². The zero-order chi connectivity index (χ0) is 10.1. The summed E-state index contributed by atoms with van der Waals surface area (Å²) < 4.78 is 5.21. The van der Waals surface area contributed by atoms with Crippen molar-refractivity contribution in [2.24, 2.45) is 5.41 Å². The first-order valence-corrected chi connectivity index (χ1v) is 4.73. The van der Waals surface area contributed by atoms with E-state index in [2.05, 4.69) is 13.8 Å². The van der Waals surface area contributed by atoms with Gasteiger partial charge < -0.3 is 4.74 Å². The van der Waals surface area contributed by atoms with Crippen molar-refractivity contribution in [1.82, 2.24) is 0 Å². The maximum absolute atomic E-state index is 11.7. The molecular formula is C11H18O2. The van der Waals surface area contributed by atoms with Gasteiger partial charge in [0, 0.05) is 18.4 Å². The van der Waals surface area contributed by atoms with E-state index in [0.29, 0.717) is 6.42 Å². The Balaban J connectivity index is 2.90. The second kappa shape index (κ2) is 3.52. The molecule has 2 nitrogen and oxygen atoms in total. The van der Waals surface area contributed by atoms with Crippen LogP contribution < -0.4 is 0 Å². The predicted octanol–water partition coefficient (Wildman–Crippen LogP) is 2.69. The fraction of sp³-hybridized carbons (Fsp3) is 0.727. The molecule has 0 aromatic carbocycles. The highest BCUT2D eigenvalue weighted by Gasteiger charge is 2.28. The Morgan fingerprint density at radius 2 is 2.00 bits per heavy atom. The van der Waals surface area contributed by atoms with Crippen molar-refractivity contribution in [1.29, 1.82) is 0 Å². The molecule has 0 bridgehead atoms. The first-order valence-electron chi connectivity index (χ1n) is 4.73. The molecule has 1 rings (SSSR count). The molecule has 1 aliphatic rings. The highest BCUT2D eigenvalue weighted by Crippen LogP contribution is 2.34. The van der Waals surface area contributed by atoms with Crippen LogP contribution in [-0.4, -0.2) is 12.9 Å². The van der Waals surface area contributed by atoms with E-state index in [1.165, 1.54) is 0 Å². The number of methoxy groups -OCH3 is 1. The van der Waals surface area contributed by atoms with Gasteiger partial charge in [0.2, 0.25) is 0 Å². The molecule has 0 N–H and O–H groups in total. The molecule has 1 aliphatic carbocycles. The molecule has 13 heavy (non-hydrogen) atoms. The summed E-state index contributed by atoms with van der Waals surface area (Å²) in [7, 11) is 1.64. The largest absolute Gasteiger partial charge is 0.501 e. The Kier molecular flexibility index (Phi) is 2.79. The average Bonchev–Trinajstić information content (AvgIpc) is 2.11. The number of allylic oxidation sites excluding steroid dienone is 2. The van der Waals surface area contributed by atoms with Crippen molar-refractivity contribution >= 4 is 5.78 Å². The smallest absolute Gasteiger partial charge is 0.162 e. The minimum Gasteiger partial charge on any atom is -0.501 e. The summed E-state index contributed by atoms with van der Waals surface area (Å²) in [6.45, 7) is 6.14. The maximum Gasteiger partial charge on any atom is 0.162 e. The highest BCUT2D eigenvalue weighted by atomic mass is 16.5. The van der Waals surface area contributed by atoms with Crippen molar-refractivity contribution in [3.05, 3.63) is 11.3 Å². The molecule has 0 aliphatic heterocycles. The number of hydrogen-bond acceptors (Lipinski definition) is 2. The molecule has 0 amide bonds. The van der Waals surface area contributed by atoms with Gasteiger partial charge in [0.15, 0.2) is 5.78 Å². The fourth-order valence-electron chi connectivity index (χ4n) is 1.71. The number of ether oxygens (including phenoxy) is 1. The number of Topliss-reactive ketones (excluding diaryl/α,β-unsaturated/α-hetero) is 1. The van der Waals surface area contributed by atoms with Crippen molar-refractivity contribution in [3.8, 4) is 0 Å². The van der Waals surface area contributed by atoms with Crippen LogP contribution in [0.2, 0.25) is 0 Å². The van der Waals surface area contributed by atoms with Crippen LogP contribution in [0, 0.1) is 5.41 Å². The Hall–Kier alpha value is -0.790. The lowest BCUT2D eigenvalue weighted by Gasteiger charge is -2.20. The van der Waals surface area contributed by atoms with Gasteiger partial charge in [-0.25, -0.2) is 0 Å². The van der Waals surface area contributed by atoms with Crippen LogP contribution in [0.25, 0.3) is 0 Å². The van der Waals surface area contributed by atoms with Crippen LogP contribution in [-0.2, 0) is 9.53 Å². The number of carbonyl (C=O) groups is 1. The second-order valence-corrected chi connectivity index (χ2v) is 4.52. The molecule has 2 heteroatoms. The molecule has 0 atom stereocenters. The summed E-state index contributed by atoms with van der Waals surface area (Å²) in [5, 5.41) is 0. The number of ketones is 1. The third-order valence-electron chi connectivity index (χ3n) is 2.75. The van der Waals surface area contributed by atoms with Crippen LogP contribution in [0.1, 0.15) is 40.0 Å². The Bertz CT molecular complexity index is 249. The molecule has 0 fully saturated rings.